The summed E-state index contributed by atoms with van der Waals surface area (Å²) in [5.74, 6) is -1.56. The van der Waals surface area contributed by atoms with Crippen LogP contribution in [-0.2, 0) is 4.79 Å². The molecule has 0 aliphatic rings. The number of anilines is 2. The molecule has 0 atom stereocenters. The van der Waals surface area contributed by atoms with Gasteiger partial charge in [0.05, 0.1) is 11.4 Å². The van der Waals surface area contributed by atoms with Crippen molar-refractivity contribution in [3.05, 3.63) is 41.5 Å². The van der Waals surface area contributed by atoms with Crippen LogP contribution in [0, 0.1) is 12.7 Å². The number of halogens is 1. The first-order chi connectivity index (χ1) is 9.45. The Balaban J connectivity index is 2.19. The van der Waals surface area contributed by atoms with Crippen molar-refractivity contribution in [1.82, 2.24) is 5.16 Å². The molecule has 2 rings (SSSR count). The van der Waals surface area contributed by atoms with Gasteiger partial charge < -0.3 is 15.2 Å². The minimum atomic E-state index is -0.622. The van der Waals surface area contributed by atoms with E-state index < -0.39 is 11.7 Å². The topological polar surface area (TPSA) is 84.2 Å². The predicted molar refractivity (Wildman–Crippen MR) is 69.9 cm³/mol. The fraction of sp³-hybridized carbons (Fsp3) is 0.154. The van der Waals surface area contributed by atoms with Gasteiger partial charge in [-0.2, -0.15) is 0 Å². The second-order valence-electron chi connectivity index (χ2n) is 4.16. The number of hydrogen-bond acceptors (Lipinski definition) is 4. The smallest absolute Gasteiger partial charge is 0.294 e. The van der Waals surface area contributed by atoms with Gasteiger partial charge in [-0.3, -0.25) is 9.59 Å². The Morgan fingerprint density at radius 2 is 2.00 bits per heavy atom. The van der Waals surface area contributed by atoms with Gasteiger partial charge in [0.15, 0.2) is 0 Å². The third-order valence-corrected chi connectivity index (χ3v) is 2.39. The fourth-order valence-corrected chi connectivity index (χ4v) is 1.56. The summed E-state index contributed by atoms with van der Waals surface area (Å²) in [4.78, 5) is 22.8. The summed E-state index contributed by atoms with van der Waals surface area (Å²) in [7, 11) is 0. The summed E-state index contributed by atoms with van der Waals surface area (Å²) in [6.07, 6.45) is 0. The molecule has 1 aromatic heterocycles. The minimum Gasteiger partial charge on any atom is -0.351 e. The number of carbonyl (C=O) groups is 2. The van der Waals surface area contributed by atoms with Gasteiger partial charge in [0.2, 0.25) is 11.7 Å². The van der Waals surface area contributed by atoms with Crippen molar-refractivity contribution in [3.8, 4) is 0 Å². The van der Waals surface area contributed by atoms with Gasteiger partial charge in [-0.05, 0) is 25.1 Å². The molecule has 0 unspecified atom stereocenters. The molecule has 0 saturated heterocycles. The molecule has 0 fully saturated rings. The normalized spacial score (nSPS) is 10.2. The second-order valence-corrected chi connectivity index (χ2v) is 4.16. The lowest BCUT2D eigenvalue weighted by Gasteiger charge is -2.07. The van der Waals surface area contributed by atoms with Crippen molar-refractivity contribution in [2.75, 3.05) is 10.6 Å². The molecule has 2 aromatic rings. The Bertz CT molecular complexity index is 667. The highest BCUT2D eigenvalue weighted by atomic mass is 19.1. The molecule has 104 valence electrons. The predicted octanol–water partition coefficient (Wildman–Crippen LogP) is 2.33. The average Bonchev–Trinajstić information content (AvgIpc) is 2.79. The van der Waals surface area contributed by atoms with E-state index >= 15 is 0 Å². The lowest BCUT2D eigenvalue weighted by molar-refractivity contribution is -0.114. The van der Waals surface area contributed by atoms with Gasteiger partial charge in [-0.15, -0.1) is 0 Å². The summed E-state index contributed by atoms with van der Waals surface area (Å²) in [5.41, 5.74) is 0.862. The zero-order valence-electron chi connectivity index (χ0n) is 10.9. The summed E-state index contributed by atoms with van der Waals surface area (Å²) in [6, 6.07) is 5.29. The zero-order valence-corrected chi connectivity index (χ0v) is 10.9. The summed E-state index contributed by atoms with van der Waals surface area (Å²) in [6.45, 7) is 3.00. The molecular weight excluding hydrogens is 265 g/mol. The summed E-state index contributed by atoms with van der Waals surface area (Å²) in [5, 5.41) is 8.42. The van der Waals surface area contributed by atoms with Crippen molar-refractivity contribution < 1.29 is 18.5 Å². The van der Waals surface area contributed by atoms with Gasteiger partial charge >= 0.3 is 0 Å². The highest BCUT2D eigenvalue weighted by molar-refractivity contribution is 6.02. The molecule has 0 saturated carbocycles. The molecule has 1 aromatic carbocycles. The molecule has 0 spiro atoms. The summed E-state index contributed by atoms with van der Waals surface area (Å²) >= 11 is 0. The average molecular weight is 277 g/mol. The van der Waals surface area contributed by atoms with E-state index in [1.807, 2.05) is 0 Å². The van der Waals surface area contributed by atoms with Crippen LogP contribution in [0.2, 0.25) is 0 Å². The van der Waals surface area contributed by atoms with Gasteiger partial charge in [-0.25, -0.2) is 4.39 Å². The molecule has 2 amide bonds. The van der Waals surface area contributed by atoms with Gasteiger partial charge in [-0.1, -0.05) is 5.16 Å². The number of nitrogens with one attached hydrogen (secondary N) is 2. The first kappa shape index (κ1) is 13.7. The van der Waals surface area contributed by atoms with E-state index in [1.54, 1.807) is 6.92 Å². The lowest BCUT2D eigenvalue weighted by Crippen LogP contribution is -2.13. The summed E-state index contributed by atoms with van der Waals surface area (Å²) < 4.78 is 18.4. The Hall–Kier alpha value is -2.70. The minimum absolute atomic E-state index is 0.0215. The van der Waals surface area contributed by atoms with Crippen molar-refractivity contribution in [2.24, 2.45) is 0 Å². The molecule has 0 aliphatic carbocycles. The molecule has 0 radical (unpaired) electrons. The van der Waals surface area contributed by atoms with Crippen molar-refractivity contribution in [2.45, 2.75) is 13.8 Å². The first-order valence-electron chi connectivity index (χ1n) is 5.77. The largest absolute Gasteiger partial charge is 0.351 e. The molecule has 0 aliphatic heterocycles. The van der Waals surface area contributed by atoms with Crippen LogP contribution in [0.5, 0.6) is 0 Å². The van der Waals surface area contributed by atoms with E-state index in [-0.39, 0.29) is 17.4 Å². The standard InChI is InChI=1S/C13H12FN3O3/c1-7-5-12(20-17-7)13(19)16-11-6-9(15-8(2)18)3-4-10(11)14/h3-6H,1-2H3,(H,15,18)(H,16,19). The van der Waals surface area contributed by atoms with E-state index in [2.05, 4.69) is 15.8 Å². The van der Waals surface area contributed by atoms with E-state index in [0.29, 0.717) is 11.4 Å². The number of aryl methyl sites for hydroxylation is 1. The highest BCUT2D eigenvalue weighted by Crippen LogP contribution is 2.20. The monoisotopic (exact) mass is 277 g/mol. The van der Waals surface area contributed by atoms with E-state index in [0.717, 1.165) is 6.07 Å². The van der Waals surface area contributed by atoms with Crippen LogP contribution < -0.4 is 10.6 Å². The molecule has 2 N–H and O–H groups in total. The van der Waals surface area contributed by atoms with Crippen LogP contribution in [0.15, 0.2) is 28.8 Å². The highest BCUT2D eigenvalue weighted by Gasteiger charge is 2.14. The number of hydrogen-bond donors (Lipinski definition) is 2. The maximum atomic E-state index is 13.6. The lowest BCUT2D eigenvalue weighted by atomic mass is 10.2. The molecule has 6 nitrogen and oxygen atoms in total. The SMILES string of the molecule is CC(=O)Nc1ccc(F)c(NC(=O)c2cc(C)no2)c1. The molecule has 7 heteroatoms. The van der Waals surface area contributed by atoms with Crippen LogP contribution in [0.1, 0.15) is 23.2 Å². The van der Waals surface area contributed by atoms with E-state index in [1.165, 1.54) is 25.1 Å². The number of aromatic nitrogens is 1. The van der Waals surface area contributed by atoms with Gasteiger partial charge in [0.1, 0.15) is 5.82 Å². The molecule has 0 bridgehead atoms. The van der Waals surface area contributed by atoms with Crippen LogP contribution in [0.3, 0.4) is 0 Å². The molecule has 1 heterocycles. The van der Waals surface area contributed by atoms with Crippen LogP contribution in [0.4, 0.5) is 15.8 Å². The number of rotatable bonds is 3. The Morgan fingerprint density at radius 3 is 2.60 bits per heavy atom. The van der Waals surface area contributed by atoms with Crippen LogP contribution >= 0.6 is 0 Å². The molecule has 20 heavy (non-hydrogen) atoms. The Kier molecular flexibility index (Phi) is 3.79. The van der Waals surface area contributed by atoms with Crippen LogP contribution in [0.25, 0.3) is 0 Å². The van der Waals surface area contributed by atoms with Crippen molar-refractivity contribution in [3.63, 3.8) is 0 Å². The quantitative estimate of drug-likeness (QED) is 0.901. The fourth-order valence-electron chi connectivity index (χ4n) is 1.56. The molecular formula is C13H12FN3O3. The first-order valence-corrected chi connectivity index (χ1v) is 5.77. The third-order valence-electron chi connectivity index (χ3n) is 2.39. The number of benzene rings is 1. The Morgan fingerprint density at radius 1 is 1.25 bits per heavy atom. The van der Waals surface area contributed by atoms with E-state index in [9.17, 15) is 14.0 Å². The van der Waals surface area contributed by atoms with E-state index in [4.69, 9.17) is 4.52 Å². The Labute approximate surface area is 114 Å². The van der Waals surface area contributed by atoms with Gasteiger partial charge in [0.25, 0.3) is 5.91 Å². The van der Waals surface area contributed by atoms with Crippen molar-refractivity contribution in [1.29, 1.82) is 0 Å². The van der Waals surface area contributed by atoms with Crippen LogP contribution in [-0.4, -0.2) is 17.0 Å². The maximum Gasteiger partial charge on any atom is 0.294 e. The zero-order chi connectivity index (χ0) is 14.7. The number of carbonyl (C=O) groups excluding carboxylic acids is 2. The maximum absolute atomic E-state index is 13.6. The number of nitrogens with zero attached hydrogens (tertiary/aromatic N) is 1. The number of amides is 2. The third kappa shape index (κ3) is 3.19. The van der Waals surface area contributed by atoms with Crippen molar-refractivity contribution >= 4 is 23.2 Å². The van der Waals surface area contributed by atoms with Gasteiger partial charge in [0, 0.05) is 18.7 Å². The second kappa shape index (κ2) is 5.52.